The van der Waals surface area contributed by atoms with Crippen molar-refractivity contribution in [3.63, 3.8) is 0 Å². The van der Waals surface area contributed by atoms with E-state index in [9.17, 15) is 17.6 Å². The summed E-state index contributed by atoms with van der Waals surface area (Å²) in [6.07, 6.45) is -4.61. The van der Waals surface area contributed by atoms with Gasteiger partial charge in [0.15, 0.2) is 5.96 Å². The molecule has 23 heavy (non-hydrogen) atoms. The van der Waals surface area contributed by atoms with E-state index in [0.29, 0.717) is 11.3 Å². The van der Waals surface area contributed by atoms with Crippen molar-refractivity contribution in [2.45, 2.75) is 19.8 Å². The Labute approximate surface area is 129 Å². The van der Waals surface area contributed by atoms with Gasteiger partial charge in [0.05, 0.1) is 0 Å². The zero-order valence-corrected chi connectivity index (χ0v) is 12.0. The average Bonchev–Trinajstić information content (AvgIpc) is 2.46. The van der Waals surface area contributed by atoms with Gasteiger partial charge >= 0.3 is 6.18 Å². The second kappa shape index (κ2) is 6.59. The van der Waals surface area contributed by atoms with Gasteiger partial charge < -0.3 is 5.32 Å². The third kappa shape index (κ3) is 4.38. The number of rotatable bonds is 3. The monoisotopic (exact) mass is 327 g/mol. The van der Waals surface area contributed by atoms with Crippen molar-refractivity contribution < 1.29 is 17.6 Å². The van der Waals surface area contributed by atoms with Gasteiger partial charge in [-0.1, -0.05) is 18.2 Å². The molecule has 1 heterocycles. The number of hydrogen-bond acceptors (Lipinski definition) is 3. The molecule has 1 aromatic carbocycles. The number of benzene rings is 1. The van der Waals surface area contributed by atoms with Crippen molar-refractivity contribution in [2.24, 2.45) is 0 Å². The van der Waals surface area contributed by atoms with Crippen LogP contribution >= 0.6 is 0 Å². The Bertz CT molecular complexity index is 715. The molecule has 0 spiro atoms. The average molecular weight is 327 g/mol. The minimum Gasteiger partial charge on any atom is -0.326 e. The third-order valence-electron chi connectivity index (χ3n) is 2.80. The lowest BCUT2D eigenvalue weighted by Gasteiger charge is -2.13. The smallest absolute Gasteiger partial charge is 0.326 e. The summed E-state index contributed by atoms with van der Waals surface area (Å²) in [7, 11) is 0. The minimum absolute atomic E-state index is 0.104. The topological polar surface area (TPSA) is 73.7 Å². The molecule has 2 aromatic rings. The standard InChI is InChI=1S/C14H13F4N5/c1-8-6-11(14(16,17)18)22-13(20-8)23-12(19)21-10-5-3-2-4-9(10)7-15/h2-6H,7H2,1H3,(H3,19,20,21,22,23). The predicted molar refractivity (Wildman–Crippen MR) is 78.0 cm³/mol. The molecule has 0 saturated carbocycles. The van der Waals surface area contributed by atoms with Crippen LogP contribution in [0.1, 0.15) is 17.0 Å². The number of nitrogens with one attached hydrogen (secondary N) is 3. The van der Waals surface area contributed by atoms with E-state index in [1.54, 1.807) is 18.2 Å². The van der Waals surface area contributed by atoms with Gasteiger partial charge in [-0.3, -0.25) is 10.7 Å². The number of para-hydroxylation sites is 1. The van der Waals surface area contributed by atoms with Crippen molar-refractivity contribution >= 4 is 17.6 Å². The van der Waals surface area contributed by atoms with Crippen LogP contribution in [0.15, 0.2) is 30.3 Å². The maximum Gasteiger partial charge on any atom is 0.433 e. The first-order chi connectivity index (χ1) is 10.8. The lowest BCUT2D eigenvalue weighted by atomic mass is 10.2. The molecule has 0 fully saturated rings. The van der Waals surface area contributed by atoms with E-state index in [1.807, 2.05) is 0 Å². The number of alkyl halides is 4. The summed E-state index contributed by atoms with van der Waals surface area (Å²) in [6.45, 7) is 0.646. The normalized spacial score (nSPS) is 11.2. The van der Waals surface area contributed by atoms with E-state index >= 15 is 0 Å². The first kappa shape index (κ1) is 16.7. The summed E-state index contributed by atoms with van der Waals surface area (Å²) in [6, 6.07) is 7.15. The van der Waals surface area contributed by atoms with Gasteiger partial charge in [-0.25, -0.2) is 14.4 Å². The van der Waals surface area contributed by atoms with Gasteiger partial charge in [-0.05, 0) is 19.1 Å². The number of aryl methyl sites for hydroxylation is 1. The van der Waals surface area contributed by atoms with Crippen LogP contribution in [-0.4, -0.2) is 15.9 Å². The number of hydrogen-bond donors (Lipinski definition) is 3. The fourth-order valence-corrected chi connectivity index (χ4v) is 1.81. The molecule has 5 nitrogen and oxygen atoms in total. The molecule has 0 bridgehead atoms. The van der Waals surface area contributed by atoms with Crippen LogP contribution < -0.4 is 10.6 Å². The summed E-state index contributed by atoms with van der Waals surface area (Å²) in [5.74, 6) is -0.739. The molecule has 0 atom stereocenters. The zero-order valence-electron chi connectivity index (χ0n) is 12.0. The van der Waals surface area contributed by atoms with Crippen LogP contribution in [0.5, 0.6) is 0 Å². The molecule has 0 saturated heterocycles. The van der Waals surface area contributed by atoms with Crippen molar-refractivity contribution in [3.05, 3.63) is 47.3 Å². The summed E-state index contributed by atoms with van der Waals surface area (Å²) < 4.78 is 50.9. The number of anilines is 2. The Morgan fingerprint density at radius 2 is 1.87 bits per heavy atom. The van der Waals surface area contributed by atoms with E-state index in [2.05, 4.69) is 20.6 Å². The Morgan fingerprint density at radius 1 is 1.17 bits per heavy atom. The molecular weight excluding hydrogens is 314 g/mol. The zero-order chi connectivity index (χ0) is 17.0. The van der Waals surface area contributed by atoms with Crippen molar-refractivity contribution in [1.29, 1.82) is 5.41 Å². The number of nitrogens with zero attached hydrogens (tertiary/aromatic N) is 2. The maximum atomic E-state index is 12.8. The molecule has 0 aliphatic heterocycles. The molecule has 0 radical (unpaired) electrons. The number of halogens is 4. The molecule has 0 amide bonds. The second-order valence-corrected chi connectivity index (χ2v) is 4.63. The molecule has 1 aromatic heterocycles. The quantitative estimate of drug-likeness (QED) is 0.456. The Morgan fingerprint density at radius 3 is 2.52 bits per heavy atom. The molecular formula is C14H13F4N5. The first-order valence-electron chi connectivity index (χ1n) is 6.49. The van der Waals surface area contributed by atoms with E-state index in [1.165, 1.54) is 13.0 Å². The van der Waals surface area contributed by atoms with E-state index < -0.39 is 18.5 Å². The fraction of sp³-hybridized carbons (Fsp3) is 0.214. The minimum atomic E-state index is -4.61. The Hall–Kier alpha value is -2.71. The fourth-order valence-electron chi connectivity index (χ4n) is 1.81. The van der Waals surface area contributed by atoms with Crippen LogP contribution in [-0.2, 0) is 12.9 Å². The maximum absolute atomic E-state index is 12.8. The highest BCUT2D eigenvalue weighted by Gasteiger charge is 2.33. The molecule has 3 N–H and O–H groups in total. The molecule has 0 unspecified atom stereocenters. The summed E-state index contributed by atoms with van der Waals surface area (Å²) in [5.41, 5.74) is -0.354. The largest absolute Gasteiger partial charge is 0.433 e. The van der Waals surface area contributed by atoms with Gasteiger partial charge in [-0.15, -0.1) is 0 Å². The van der Waals surface area contributed by atoms with Crippen LogP contribution in [0.4, 0.5) is 29.2 Å². The molecule has 9 heteroatoms. The van der Waals surface area contributed by atoms with Crippen LogP contribution in [0.25, 0.3) is 0 Å². The number of guanidine groups is 1. The van der Waals surface area contributed by atoms with Crippen LogP contribution in [0.2, 0.25) is 0 Å². The van der Waals surface area contributed by atoms with Gasteiger partial charge in [0, 0.05) is 16.9 Å². The highest BCUT2D eigenvalue weighted by molar-refractivity contribution is 6.00. The van der Waals surface area contributed by atoms with Gasteiger partial charge in [0.25, 0.3) is 0 Å². The van der Waals surface area contributed by atoms with Crippen LogP contribution in [0, 0.1) is 12.3 Å². The summed E-state index contributed by atoms with van der Waals surface area (Å²) in [4.78, 5) is 7.12. The van der Waals surface area contributed by atoms with E-state index in [4.69, 9.17) is 5.41 Å². The highest BCUT2D eigenvalue weighted by Crippen LogP contribution is 2.28. The Balaban J connectivity index is 2.16. The predicted octanol–water partition coefficient (Wildman–Crippen LogP) is 3.73. The van der Waals surface area contributed by atoms with Crippen molar-refractivity contribution in [3.8, 4) is 0 Å². The molecule has 2 rings (SSSR count). The highest BCUT2D eigenvalue weighted by atomic mass is 19.4. The van der Waals surface area contributed by atoms with Crippen molar-refractivity contribution in [1.82, 2.24) is 9.97 Å². The van der Waals surface area contributed by atoms with Crippen LogP contribution in [0.3, 0.4) is 0 Å². The lowest BCUT2D eigenvalue weighted by molar-refractivity contribution is -0.141. The van der Waals surface area contributed by atoms with E-state index in [0.717, 1.165) is 6.07 Å². The summed E-state index contributed by atoms with van der Waals surface area (Å²) >= 11 is 0. The lowest BCUT2D eigenvalue weighted by Crippen LogP contribution is -2.23. The molecule has 0 aliphatic carbocycles. The molecule has 122 valence electrons. The third-order valence-corrected chi connectivity index (χ3v) is 2.80. The van der Waals surface area contributed by atoms with E-state index in [-0.39, 0.29) is 17.6 Å². The van der Waals surface area contributed by atoms with Gasteiger partial charge in [0.2, 0.25) is 5.95 Å². The van der Waals surface area contributed by atoms with Gasteiger partial charge in [0.1, 0.15) is 12.4 Å². The SMILES string of the molecule is Cc1cc(C(F)(F)F)nc(NC(=N)Nc2ccccc2CF)n1. The number of aromatic nitrogens is 2. The van der Waals surface area contributed by atoms with Crippen molar-refractivity contribution in [2.75, 3.05) is 10.6 Å². The second-order valence-electron chi connectivity index (χ2n) is 4.63. The van der Waals surface area contributed by atoms with Gasteiger partial charge in [-0.2, -0.15) is 13.2 Å². The Kier molecular flexibility index (Phi) is 4.77. The summed E-state index contributed by atoms with van der Waals surface area (Å²) in [5, 5.41) is 12.6. The first-order valence-corrected chi connectivity index (χ1v) is 6.49. The molecule has 0 aliphatic rings.